The number of amides is 2. The molecular formula is C30H47BrN2O6. The van der Waals surface area contributed by atoms with E-state index in [1.807, 2.05) is 87.5 Å². The molecule has 2 atom stereocenters. The van der Waals surface area contributed by atoms with Gasteiger partial charge in [-0.05, 0) is 26.3 Å². The Labute approximate surface area is 243 Å². The van der Waals surface area contributed by atoms with Crippen molar-refractivity contribution in [3.8, 4) is 0 Å². The first kappa shape index (κ1) is 40.5. The van der Waals surface area contributed by atoms with E-state index in [0.29, 0.717) is 6.42 Å². The highest BCUT2D eigenvalue weighted by Gasteiger charge is 2.23. The van der Waals surface area contributed by atoms with Crippen molar-refractivity contribution in [1.82, 2.24) is 10.6 Å². The summed E-state index contributed by atoms with van der Waals surface area (Å²) >= 11 is 3.10. The number of Topliss-reactive ketones (excluding diaryl/α,β-unsaturated/α-hetero) is 1. The third-order valence-electron chi connectivity index (χ3n) is 4.03. The number of nitrogens with one attached hydrogen (secondary N) is 2. The number of aliphatic hydroxyl groups is 1. The van der Waals surface area contributed by atoms with Crippen molar-refractivity contribution in [2.45, 2.75) is 59.5 Å². The number of carbonyl (C=O) groups excluding carboxylic acids is 3. The van der Waals surface area contributed by atoms with Gasteiger partial charge >= 0.3 is 6.09 Å². The van der Waals surface area contributed by atoms with E-state index >= 15 is 0 Å². The van der Waals surface area contributed by atoms with Crippen LogP contribution >= 0.6 is 15.9 Å². The van der Waals surface area contributed by atoms with E-state index in [1.165, 1.54) is 7.11 Å². The van der Waals surface area contributed by atoms with Gasteiger partial charge in [0, 0.05) is 26.0 Å². The molecule has 0 radical (unpaired) electrons. The topological polar surface area (TPSA) is 114 Å². The Morgan fingerprint density at radius 1 is 1.00 bits per heavy atom. The molecule has 0 spiro atoms. The lowest BCUT2D eigenvalue weighted by Gasteiger charge is -2.21. The van der Waals surface area contributed by atoms with Gasteiger partial charge in [-0.3, -0.25) is 9.59 Å². The SMILES string of the molecule is C=CC.CC.CCOC(=O)NC(Cc1ccccc1)C(=O)NC(C)CC(=O)CBr.COCO.c1ccccc1. The molecule has 0 aliphatic rings. The number of ketones is 1. The molecule has 0 aliphatic carbocycles. The van der Waals surface area contributed by atoms with Crippen molar-refractivity contribution >= 4 is 33.7 Å². The van der Waals surface area contributed by atoms with Gasteiger partial charge in [0.05, 0.1) is 11.9 Å². The Morgan fingerprint density at radius 2 is 1.44 bits per heavy atom. The van der Waals surface area contributed by atoms with E-state index in [1.54, 1.807) is 19.9 Å². The maximum atomic E-state index is 12.5. The largest absolute Gasteiger partial charge is 0.450 e. The van der Waals surface area contributed by atoms with E-state index in [9.17, 15) is 14.4 Å². The van der Waals surface area contributed by atoms with Gasteiger partial charge < -0.3 is 25.2 Å². The number of benzene rings is 2. The van der Waals surface area contributed by atoms with Crippen molar-refractivity contribution in [2.75, 3.05) is 25.8 Å². The number of alkyl halides is 1. The van der Waals surface area contributed by atoms with Crippen LogP contribution in [0.3, 0.4) is 0 Å². The second-order valence-corrected chi connectivity index (χ2v) is 7.93. The standard InChI is InChI=1S/C17H23BrN2O4.C6H6.C3H6.C2H6O2.C2H6/c1-3-24-17(23)20-15(10-13-7-5-4-6-8-13)16(22)19-12(2)9-14(21)11-18;1-2-4-6-5-3-1;1-3-2;1-4-2-3;1-2/h4-8,12,15H,3,9-11H2,1-2H3,(H,19,22)(H,20,23);1-6H;3H,1H2,2H3;3H,2H2,1H3;1-2H3. The molecule has 39 heavy (non-hydrogen) atoms. The minimum Gasteiger partial charge on any atom is -0.450 e. The molecule has 9 heteroatoms. The Morgan fingerprint density at radius 3 is 1.82 bits per heavy atom. The molecule has 3 N–H and O–H groups in total. The Hall–Kier alpha value is -3.01. The summed E-state index contributed by atoms with van der Waals surface area (Å²) in [5.41, 5.74) is 0.915. The van der Waals surface area contributed by atoms with E-state index in [0.717, 1.165) is 5.56 Å². The van der Waals surface area contributed by atoms with Gasteiger partial charge in [-0.15, -0.1) is 6.58 Å². The van der Waals surface area contributed by atoms with Crippen molar-refractivity contribution in [3.63, 3.8) is 0 Å². The average molecular weight is 612 g/mol. The van der Waals surface area contributed by atoms with E-state index in [4.69, 9.17) is 9.84 Å². The molecule has 2 aromatic rings. The molecule has 0 bridgehead atoms. The molecule has 2 amide bonds. The molecule has 220 valence electrons. The first-order valence-corrected chi connectivity index (χ1v) is 13.9. The highest BCUT2D eigenvalue weighted by atomic mass is 79.9. The van der Waals surface area contributed by atoms with Crippen LogP contribution in [0.15, 0.2) is 79.4 Å². The van der Waals surface area contributed by atoms with Gasteiger partial charge in [0.1, 0.15) is 18.6 Å². The van der Waals surface area contributed by atoms with Crippen molar-refractivity contribution < 1.29 is 29.0 Å². The number of carbonyl (C=O) groups is 3. The summed E-state index contributed by atoms with van der Waals surface area (Å²) < 4.78 is 8.95. The maximum Gasteiger partial charge on any atom is 0.407 e. The van der Waals surface area contributed by atoms with Gasteiger partial charge in [-0.25, -0.2) is 4.79 Å². The highest BCUT2D eigenvalue weighted by Crippen LogP contribution is 2.05. The lowest BCUT2D eigenvalue weighted by atomic mass is 10.0. The zero-order chi connectivity index (χ0) is 30.3. The quantitative estimate of drug-likeness (QED) is 0.181. The molecule has 0 saturated heterocycles. The molecule has 2 rings (SSSR count). The first-order valence-electron chi connectivity index (χ1n) is 12.8. The second kappa shape index (κ2) is 31.2. The van der Waals surface area contributed by atoms with Gasteiger partial charge in [0.2, 0.25) is 5.91 Å². The fraction of sp³-hybridized carbons (Fsp3) is 0.433. The normalized spacial score (nSPS) is 10.4. The highest BCUT2D eigenvalue weighted by molar-refractivity contribution is 9.09. The second-order valence-electron chi connectivity index (χ2n) is 7.37. The summed E-state index contributed by atoms with van der Waals surface area (Å²) in [6.07, 6.45) is 1.68. The van der Waals surface area contributed by atoms with E-state index < -0.39 is 12.1 Å². The third-order valence-corrected chi connectivity index (χ3v) is 4.66. The molecule has 0 fully saturated rings. The number of alkyl carbamates (subject to hydrolysis) is 1. The number of hydrogen-bond donors (Lipinski definition) is 3. The molecule has 0 saturated carbocycles. The zero-order valence-corrected chi connectivity index (χ0v) is 25.8. The summed E-state index contributed by atoms with van der Waals surface area (Å²) in [6, 6.07) is 20.3. The molecule has 2 aromatic carbocycles. The van der Waals surface area contributed by atoms with Gasteiger partial charge in [0.25, 0.3) is 0 Å². The number of ether oxygens (including phenoxy) is 2. The fourth-order valence-corrected chi connectivity index (χ4v) is 2.78. The monoisotopic (exact) mass is 610 g/mol. The van der Waals surface area contributed by atoms with E-state index in [-0.39, 0.29) is 42.9 Å². The number of allylic oxidation sites excluding steroid dienone is 1. The van der Waals surface area contributed by atoms with Crippen molar-refractivity contribution in [1.29, 1.82) is 0 Å². The van der Waals surface area contributed by atoms with E-state index in [2.05, 4.69) is 37.9 Å². The van der Waals surface area contributed by atoms with Crippen LogP contribution in [0.2, 0.25) is 0 Å². The van der Waals surface area contributed by atoms with Crippen LogP contribution in [0.5, 0.6) is 0 Å². The predicted octanol–water partition coefficient (Wildman–Crippen LogP) is 5.69. The first-order chi connectivity index (χ1) is 18.8. The summed E-state index contributed by atoms with van der Waals surface area (Å²) in [4.78, 5) is 35.6. The zero-order valence-electron chi connectivity index (χ0n) is 24.2. The molecule has 2 unspecified atom stereocenters. The number of methoxy groups -OCH3 is 1. The van der Waals surface area contributed by atoms with Gasteiger partial charge in [0.15, 0.2) is 0 Å². The lowest BCUT2D eigenvalue weighted by molar-refractivity contribution is -0.124. The predicted molar refractivity (Wildman–Crippen MR) is 163 cm³/mol. The average Bonchev–Trinajstić information content (AvgIpc) is 2.96. The smallest absolute Gasteiger partial charge is 0.407 e. The molecular weight excluding hydrogens is 564 g/mol. The molecule has 0 aromatic heterocycles. The minimum absolute atomic E-state index is 0.000705. The third kappa shape index (κ3) is 27.8. The maximum absolute atomic E-state index is 12.5. The Bertz CT molecular complexity index is 809. The molecule has 8 nitrogen and oxygen atoms in total. The van der Waals surface area contributed by atoms with Crippen molar-refractivity contribution in [2.24, 2.45) is 0 Å². The van der Waals surface area contributed by atoms with Crippen LogP contribution in [-0.4, -0.2) is 60.8 Å². The summed E-state index contributed by atoms with van der Waals surface area (Å²) in [5, 5.41) is 13.2. The summed E-state index contributed by atoms with van der Waals surface area (Å²) in [7, 11) is 1.43. The Kier molecular flexibility index (Phi) is 32.4. The number of halogens is 1. The van der Waals surface area contributed by atoms with Crippen LogP contribution < -0.4 is 10.6 Å². The Balaban J connectivity index is -0.000000702. The lowest BCUT2D eigenvalue weighted by Crippen LogP contribution is -2.50. The van der Waals surface area contributed by atoms with Crippen LogP contribution in [0.4, 0.5) is 4.79 Å². The summed E-state index contributed by atoms with van der Waals surface area (Å²) in [5.74, 6) is -0.345. The number of hydrogen-bond acceptors (Lipinski definition) is 6. The molecule has 0 aliphatic heterocycles. The van der Waals surface area contributed by atoms with Crippen LogP contribution in [0, 0.1) is 0 Å². The molecule has 0 heterocycles. The number of aliphatic hydroxyl groups excluding tert-OH is 1. The summed E-state index contributed by atoms with van der Waals surface area (Å²) in [6.45, 7) is 12.7. The van der Waals surface area contributed by atoms with Gasteiger partial charge in [-0.2, -0.15) is 0 Å². The minimum atomic E-state index is -0.770. The van der Waals surface area contributed by atoms with Crippen LogP contribution in [-0.2, 0) is 25.5 Å². The van der Waals surface area contributed by atoms with Crippen LogP contribution in [0.1, 0.15) is 46.6 Å². The number of rotatable bonds is 10. The van der Waals surface area contributed by atoms with Crippen molar-refractivity contribution in [3.05, 3.63) is 84.9 Å². The van der Waals surface area contributed by atoms with Crippen LogP contribution in [0.25, 0.3) is 0 Å². The van der Waals surface area contributed by atoms with Gasteiger partial charge in [-0.1, -0.05) is 103 Å². The fourth-order valence-electron chi connectivity index (χ4n) is 2.55.